The largest absolute Gasteiger partial charge is 0.464 e. The van der Waals surface area contributed by atoms with Gasteiger partial charge in [0.1, 0.15) is 5.82 Å². The molecule has 0 amide bonds. The zero-order valence-electron chi connectivity index (χ0n) is 15.0. The summed E-state index contributed by atoms with van der Waals surface area (Å²) in [5, 5.41) is 0. The van der Waals surface area contributed by atoms with Gasteiger partial charge in [-0.1, -0.05) is 13.0 Å². The Hall–Kier alpha value is -2.69. The summed E-state index contributed by atoms with van der Waals surface area (Å²) >= 11 is 5.16. The molecule has 0 aliphatic rings. The molecule has 1 aromatic heterocycles. The third-order valence-electron chi connectivity index (χ3n) is 4.08. The minimum atomic E-state index is -4.90. The summed E-state index contributed by atoms with van der Waals surface area (Å²) in [5.74, 6) is -3.27. The average Bonchev–Trinajstić information content (AvgIpc) is 2.98. The van der Waals surface area contributed by atoms with E-state index < -0.39 is 35.5 Å². The van der Waals surface area contributed by atoms with Crippen molar-refractivity contribution in [1.29, 1.82) is 0 Å². The first kappa shape index (κ1) is 21.6. The number of carbonyl (C=O) groups excluding carboxylic acids is 2. The molecule has 0 aliphatic heterocycles. The zero-order valence-corrected chi connectivity index (χ0v) is 15.8. The molecule has 1 aromatic carbocycles. The molecule has 1 unspecified atom stereocenters. The number of hydrogen-bond acceptors (Lipinski definition) is 5. The van der Waals surface area contributed by atoms with Crippen LogP contribution in [-0.4, -0.2) is 35.7 Å². The molecule has 0 saturated heterocycles. The van der Waals surface area contributed by atoms with Crippen LogP contribution in [-0.2, 0) is 15.7 Å². The summed E-state index contributed by atoms with van der Waals surface area (Å²) in [6, 6.07) is 1.59. The van der Waals surface area contributed by atoms with Gasteiger partial charge >= 0.3 is 18.1 Å². The Morgan fingerprint density at radius 2 is 1.82 bits per heavy atom. The smallest absolute Gasteiger partial charge is 0.419 e. The first-order valence-electron chi connectivity index (χ1n) is 7.94. The molecule has 2 aromatic rings. The lowest BCUT2D eigenvalue weighted by atomic mass is 10.0. The summed E-state index contributed by atoms with van der Waals surface area (Å²) in [7, 11) is 2.16. The lowest BCUT2D eigenvalue weighted by Gasteiger charge is -2.21. The number of alkyl halides is 3. The molecule has 0 spiro atoms. The van der Waals surface area contributed by atoms with Gasteiger partial charge in [-0.15, -0.1) is 0 Å². The first-order chi connectivity index (χ1) is 13.1. The highest BCUT2D eigenvalue weighted by molar-refractivity contribution is 7.71. The molecule has 6 nitrogen and oxygen atoms in total. The third-order valence-corrected chi connectivity index (χ3v) is 4.37. The maximum Gasteiger partial charge on any atom is 0.419 e. The highest BCUT2D eigenvalue weighted by Gasteiger charge is 2.35. The number of nitrogens with one attached hydrogen (secondary N) is 1. The molecule has 28 heavy (non-hydrogen) atoms. The van der Waals surface area contributed by atoms with E-state index in [1.807, 2.05) is 0 Å². The van der Waals surface area contributed by atoms with Crippen molar-refractivity contribution < 1.29 is 36.6 Å². The van der Waals surface area contributed by atoms with Crippen LogP contribution < -0.4 is 0 Å². The standard InChI is InChI=1S/C17H16F4N2O4S/c1-4-11(8-5-6-10(18)9(7-8)17(19,20)21)23-13(15(25)27-3)12(14(24)26-2)22-16(23)28/h5-7,11H,4H2,1-3H3,(H,22,28). The van der Waals surface area contributed by atoms with Crippen LogP contribution in [0.2, 0.25) is 0 Å². The molecule has 0 aliphatic carbocycles. The highest BCUT2D eigenvalue weighted by atomic mass is 32.1. The SMILES string of the molecule is CCC(c1ccc(F)c(C(F)(F)F)c1)n1c(C(=O)OC)c(C(=O)OC)[nH]c1=S. The van der Waals surface area contributed by atoms with Crippen molar-refractivity contribution >= 4 is 24.2 Å². The highest BCUT2D eigenvalue weighted by Crippen LogP contribution is 2.35. The van der Waals surface area contributed by atoms with Gasteiger partial charge in [-0.2, -0.15) is 13.2 Å². The number of aromatic amines is 1. The molecule has 152 valence electrons. The summed E-state index contributed by atoms with van der Waals surface area (Å²) in [6.07, 6.45) is -4.72. The van der Waals surface area contributed by atoms with Gasteiger partial charge in [0.15, 0.2) is 16.2 Å². The van der Waals surface area contributed by atoms with Crippen LogP contribution >= 0.6 is 12.2 Å². The molecular formula is C17H16F4N2O4S. The summed E-state index contributed by atoms with van der Waals surface area (Å²) in [4.78, 5) is 26.8. The number of rotatable bonds is 5. The molecule has 0 saturated carbocycles. The second-order valence-corrected chi connectivity index (χ2v) is 6.05. The molecule has 1 N–H and O–H groups in total. The molecule has 11 heteroatoms. The summed E-state index contributed by atoms with van der Waals surface area (Å²) in [6.45, 7) is 1.63. The maximum absolute atomic E-state index is 13.6. The Morgan fingerprint density at radius 3 is 2.32 bits per heavy atom. The van der Waals surface area contributed by atoms with Crippen molar-refractivity contribution in [1.82, 2.24) is 9.55 Å². The number of methoxy groups -OCH3 is 2. The number of benzene rings is 1. The van der Waals surface area contributed by atoms with Gasteiger partial charge in [0.25, 0.3) is 0 Å². The van der Waals surface area contributed by atoms with E-state index in [1.165, 1.54) is 4.57 Å². The van der Waals surface area contributed by atoms with Gasteiger partial charge < -0.3 is 19.0 Å². The quantitative estimate of drug-likeness (QED) is 0.444. The van der Waals surface area contributed by atoms with Crippen molar-refractivity contribution in [3.63, 3.8) is 0 Å². The van der Waals surface area contributed by atoms with E-state index in [2.05, 4.69) is 14.5 Å². The second-order valence-electron chi connectivity index (χ2n) is 5.67. The van der Waals surface area contributed by atoms with Gasteiger partial charge in [0.05, 0.1) is 25.8 Å². The van der Waals surface area contributed by atoms with E-state index in [0.29, 0.717) is 12.1 Å². The van der Waals surface area contributed by atoms with Gasteiger partial charge in [-0.25, -0.2) is 14.0 Å². The van der Waals surface area contributed by atoms with E-state index in [-0.39, 0.29) is 28.1 Å². The number of esters is 2. The molecule has 0 radical (unpaired) electrons. The Bertz CT molecular complexity index is 965. The minimum absolute atomic E-state index is 0.0490. The normalized spacial score (nSPS) is 12.5. The van der Waals surface area contributed by atoms with Crippen molar-refractivity contribution in [2.75, 3.05) is 14.2 Å². The predicted octanol–water partition coefficient (Wildman–Crippen LogP) is 4.28. The molecule has 1 atom stereocenters. The van der Waals surface area contributed by atoms with Crippen LogP contribution in [0.3, 0.4) is 0 Å². The van der Waals surface area contributed by atoms with Crippen molar-refractivity contribution in [2.45, 2.75) is 25.6 Å². The average molecular weight is 420 g/mol. The predicted molar refractivity (Wildman–Crippen MR) is 92.1 cm³/mol. The lowest BCUT2D eigenvalue weighted by Crippen LogP contribution is -2.20. The Morgan fingerprint density at radius 1 is 1.21 bits per heavy atom. The van der Waals surface area contributed by atoms with Crippen LogP contribution in [0.5, 0.6) is 0 Å². The number of halogens is 4. The van der Waals surface area contributed by atoms with E-state index in [9.17, 15) is 27.2 Å². The third kappa shape index (κ3) is 3.93. The van der Waals surface area contributed by atoms with Crippen molar-refractivity contribution in [3.05, 3.63) is 51.3 Å². The van der Waals surface area contributed by atoms with E-state index in [4.69, 9.17) is 12.2 Å². The lowest BCUT2D eigenvalue weighted by molar-refractivity contribution is -0.140. The van der Waals surface area contributed by atoms with Crippen LogP contribution in [0.4, 0.5) is 17.6 Å². The van der Waals surface area contributed by atoms with Crippen LogP contribution in [0, 0.1) is 10.6 Å². The molecule has 1 heterocycles. The van der Waals surface area contributed by atoms with Gasteiger partial charge in [0.2, 0.25) is 0 Å². The zero-order chi connectivity index (χ0) is 21.2. The fraction of sp³-hybridized carbons (Fsp3) is 0.353. The molecular weight excluding hydrogens is 404 g/mol. The number of nitrogens with zero attached hydrogens (tertiary/aromatic N) is 1. The summed E-state index contributed by atoms with van der Waals surface area (Å²) < 4.78 is 63.2. The van der Waals surface area contributed by atoms with E-state index in [0.717, 1.165) is 20.3 Å². The molecule has 0 bridgehead atoms. The monoisotopic (exact) mass is 420 g/mol. The number of carbonyl (C=O) groups is 2. The first-order valence-corrected chi connectivity index (χ1v) is 8.35. The molecule has 2 rings (SSSR count). The fourth-order valence-corrected chi connectivity index (χ4v) is 3.15. The molecule has 0 fully saturated rings. The Labute approximate surface area is 162 Å². The van der Waals surface area contributed by atoms with E-state index in [1.54, 1.807) is 6.92 Å². The number of imidazole rings is 1. The van der Waals surface area contributed by atoms with Crippen molar-refractivity contribution in [3.8, 4) is 0 Å². The van der Waals surface area contributed by atoms with E-state index >= 15 is 0 Å². The topological polar surface area (TPSA) is 73.3 Å². The number of aromatic nitrogens is 2. The number of ether oxygens (including phenoxy) is 2. The number of H-pyrrole nitrogens is 1. The Kier molecular flexibility index (Phi) is 6.27. The minimum Gasteiger partial charge on any atom is -0.464 e. The number of hydrogen-bond donors (Lipinski definition) is 1. The van der Waals surface area contributed by atoms with Gasteiger partial charge in [-0.05, 0) is 36.3 Å². The van der Waals surface area contributed by atoms with Crippen LogP contribution in [0.1, 0.15) is 51.5 Å². The maximum atomic E-state index is 13.6. The van der Waals surface area contributed by atoms with Gasteiger partial charge in [0, 0.05) is 0 Å². The second kappa shape index (κ2) is 8.13. The van der Waals surface area contributed by atoms with Crippen LogP contribution in [0.25, 0.3) is 0 Å². The summed E-state index contributed by atoms with van der Waals surface area (Å²) in [5.41, 5.74) is -1.99. The Balaban J connectivity index is 2.75. The van der Waals surface area contributed by atoms with Crippen LogP contribution in [0.15, 0.2) is 18.2 Å². The van der Waals surface area contributed by atoms with Gasteiger partial charge in [-0.3, -0.25) is 0 Å². The fourth-order valence-electron chi connectivity index (χ4n) is 2.83. The van der Waals surface area contributed by atoms with Crippen molar-refractivity contribution in [2.24, 2.45) is 0 Å².